The number of carbonyl (C=O) groups excluding carboxylic acids is 2. The maximum Gasteiger partial charge on any atom is 0.415 e. The zero-order valence-electron chi connectivity index (χ0n) is 30.5. The van der Waals surface area contributed by atoms with E-state index < -0.39 is 24.0 Å². The van der Waals surface area contributed by atoms with Crippen LogP contribution in [0.15, 0.2) is 103 Å². The molecule has 4 aromatic carbocycles. The van der Waals surface area contributed by atoms with Crippen molar-refractivity contribution in [2.45, 2.75) is 38.0 Å². The number of halogens is 3. The molecule has 284 valence electrons. The Balaban J connectivity index is 1.09. The first-order valence-electron chi connectivity index (χ1n) is 18.1. The zero-order valence-corrected chi connectivity index (χ0v) is 32.0. The van der Waals surface area contributed by atoms with Gasteiger partial charge in [-0.15, -0.1) is 0 Å². The highest BCUT2D eigenvalue weighted by molar-refractivity contribution is 6.35. The summed E-state index contributed by atoms with van der Waals surface area (Å²) in [6, 6.07) is 26.3. The highest BCUT2D eigenvalue weighted by atomic mass is 35.5. The normalized spacial score (nSPS) is 17.9. The summed E-state index contributed by atoms with van der Waals surface area (Å²) < 4.78 is 38.2. The van der Waals surface area contributed by atoms with Gasteiger partial charge in [0.15, 0.2) is 23.9 Å². The Morgan fingerprint density at radius 1 is 0.873 bits per heavy atom. The summed E-state index contributed by atoms with van der Waals surface area (Å²) in [6.07, 6.45) is 3.86. The second-order valence-corrected chi connectivity index (χ2v) is 14.5. The summed E-state index contributed by atoms with van der Waals surface area (Å²) in [4.78, 5) is 34.0. The number of pyridine rings is 1. The van der Waals surface area contributed by atoms with Gasteiger partial charge in [0.05, 0.1) is 32.0 Å². The van der Waals surface area contributed by atoms with Crippen molar-refractivity contribution in [3.63, 3.8) is 0 Å². The second kappa shape index (κ2) is 17.1. The molecule has 3 fully saturated rings. The Bertz CT molecular complexity index is 2140. The molecular formula is C43H41Cl2FN3O6+. The number of esters is 1. The lowest BCUT2D eigenvalue weighted by atomic mass is 9.86. The maximum absolute atomic E-state index is 15.1. The number of aromatic nitrogens is 1. The number of nitrogens with one attached hydrogen (secondary N) is 1. The fourth-order valence-electron chi connectivity index (χ4n) is 7.32. The SMILES string of the molecule is COc1ccc([C@H](Cc2c(Cl)c[nH+]cc2Cl)OC(=O)c2ccc(-c3cccc(CN(C(=O)O[C@H]4CN5CCC4CC5)c4ccccc4F)c3)cc2)cc1OC. The van der Waals surface area contributed by atoms with Crippen LogP contribution in [0.1, 0.15) is 46.0 Å². The number of benzene rings is 4. The number of H-pyrrole nitrogens is 1. The predicted octanol–water partition coefficient (Wildman–Crippen LogP) is 9.01. The smallest absolute Gasteiger partial charge is 0.415 e. The van der Waals surface area contributed by atoms with Gasteiger partial charge in [-0.1, -0.05) is 71.7 Å². The van der Waals surface area contributed by atoms with E-state index in [0.29, 0.717) is 50.7 Å². The molecule has 0 saturated carbocycles. The van der Waals surface area contributed by atoms with Crippen molar-refractivity contribution in [3.8, 4) is 22.6 Å². The van der Waals surface area contributed by atoms with Crippen LogP contribution in [0.3, 0.4) is 0 Å². The molecule has 1 amide bonds. The number of carbonyl (C=O) groups is 2. The third-order valence-corrected chi connectivity index (χ3v) is 11.0. The van der Waals surface area contributed by atoms with Crippen molar-refractivity contribution in [1.29, 1.82) is 0 Å². The molecule has 0 radical (unpaired) electrons. The van der Waals surface area contributed by atoms with E-state index in [-0.39, 0.29) is 24.8 Å². The number of ether oxygens (including phenoxy) is 4. The zero-order chi connectivity index (χ0) is 38.5. The van der Waals surface area contributed by atoms with Gasteiger partial charge >= 0.3 is 12.1 Å². The average Bonchev–Trinajstić information content (AvgIpc) is 3.21. The van der Waals surface area contributed by atoms with Crippen molar-refractivity contribution in [2.24, 2.45) is 5.92 Å². The molecular weight excluding hydrogens is 744 g/mol. The third-order valence-electron chi connectivity index (χ3n) is 10.3. The predicted molar refractivity (Wildman–Crippen MR) is 208 cm³/mol. The molecule has 3 saturated heterocycles. The van der Waals surface area contributed by atoms with E-state index in [1.807, 2.05) is 36.4 Å². The van der Waals surface area contributed by atoms with Crippen molar-refractivity contribution in [1.82, 2.24) is 4.90 Å². The molecule has 0 spiro atoms. The average molecular weight is 786 g/mol. The summed E-state index contributed by atoms with van der Waals surface area (Å²) in [6.45, 7) is 2.83. The van der Waals surface area contributed by atoms with Crippen LogP contribution in [0, 0.1) is 11.7 Å². The molecule has 1 N–H and O–H groups in total. The number of rotatable bonds is 12. The molecule has 3 aliphatic rings. The number of aromatic amines is 1. The molecule has 2 atom stereocenters. The molecule has 2 bridgehead atoms. The van der Waals surface area contributed by atoms with Crippen LogP contribution >= 0.6 is 23.2 Å². The number of piperidine rings is 3. The van der Waals surface area contributed by atoms with Gasteiger partial charge in [0.25, 0.3) is 0 Å². The quantitative estimate of drug-likeness (QED) is 0.117. The summed E-state index contributed by atoms with van der Waals surface area (Å²) in [5.41, 5.74) is 4.24. The van der Waals surface area contributed by atoms with Crippen LogP contribution in [0.4, 0.5) is 14.9 Å². The fraction of sp³-hybridized carbons (Fsp3) is 0.279. The molecule has 4 heterocycles. The number of para-hydroxylation sites is 1. The van der Waals surface area contributed by atoms with E-state index in [2.05, 4.69) is 9.88 Å². The van der Waals surface area contributed by atoms with Crippen molar-refractivity contribution >= 4 is 41.0 Å². The first kappa shape index (κ1) is 38.1. The lowest BCUT2D eigenvalue weighted by Crippen LogP contribution is -2.53. The third kappa shape index (κ3) is 8.72. The number of anilines is 1. The van der Waals surface area contributed by atoms with Crippen LogP contribution < -0.4 is 19.4 Å². The Morgan fingerprint density at radius 2 is 1.60 bits per heavy atom. The summed E-state index contributed by atoms with van der Waals surface area (Å²) >= 11 is 13.0. The molecule has 8 rings (SSSR count). The minimum absolute atomic E-state index is 0.101. The Labute approximate surface area is 329 Å². The summed E-state index contributed by atoms with van der Waals surface area (Å²) in [7, 11) is 3.08. The van der Waals surface area contributed by atoms with Gasteiger partial charge < -0.3 is 18.9 Å². The van der Waals surface area contributed by atoms with Crippen LogP contribution in [0.5, 0.6) is 11.5 Å². The molecule has 5 aromatic rings. The molecule has 0 unspecified atom stereocenters. The van der Waals surface area contributed by atoms with E-state index in [1.165, 1.54) is 18.1 Å². The first-order valence-corrected chi connectivity index (χ1v) is 18.9. The number of nitrogens with zero attached hydrogens (tertiary/aromatic N) is 2. The number of hydrogen-bond donors (Lipinski definition) is 0. The molecule has 3 aliphatic heterocycles. The van der Waals surface area contributed by atoms with E-state index in [4.69, 9.17) is 42.1 Å². The lowest BCUT2D eigenvalue weighted by molar-refractivity contribution is -0.377. The topological polar surface area (TPSA) is 91.7 Å². The van der Waals surface area contributed by atoms with Crippen LogP contribution in [0.25, 0.3) is 11.1 Å². The van der Waals surface area contributed by atoms with E-state index in [1.54, 1.807) is 68.0 Å². The Hall–Kier alpha value is -5.16. The Kier molecular flexibility index (Phi) is 11.9. The number of methoxy groups -OCH3 is 2. The first-order chi connectivity index (χ1) is 26.7. The number of amides is 1. The van der Waals surface area contributed by atoms with Crippen LogP contribution in [-0.2, 0) is 22.4 Å². The van der Waals surface area contributed by atoms with Crippen molar-refractivity contribution in [2.75, 3.05) is 38.8 Å². The summed E-state index contributed by atoms with van der Waals surface area (Å²) in [5, 5.41) is 0.813. The van der Waals surface area contributed by atoms with Gasteiger partial charge in [-0.2, -0.15) is 0 Å². The van der Waals surface area contributed by atoms with Crippen LogP contribution in [0.2, 0.25) is 10.0 Å². The molecule has 12 heteroatoms. The van der Waals surface area contributed by atoms with Crippen molar-refractivity contribution in [3.05, 3.63) is 142 Å². The van der Waals surface area contributed by atoms with Gasteiger partial charge in [0.2, 0.25) is 0 Å². The van der Waals surface area contributed by atoms with Gasteiger partial charge in [0, 0.05) is 18.5 Å². The van der Waals surface area contributed by atoms with Gasteiger partial charge in [-0.3, -0.25) is 9.80 Å². The molecule has 0 aliphatic carbocycles. The highest BCUT2D eigenvalue weighted by Gasteiger charge is 2.38. The minimum Gasteiger partial charge on any atom is -0.493 e. The standard InChI is InChI=1S/C43H40Cl2FN3O6/c1-52-38-15-14-32(21-40(38)53-2)39(22-33-34(44)23-47-24-35(33)45)54-42(50)30-12-10-28(11-13-30)31-7-5-6-27(20-31)25-49(37-9-4-3-8-36(37)46)43(51)55-41-26-48-18-16-29(41)17-19-48/h3-15,20-21,23-24,29,39,41H,16-19,22,25-26H2,1-2H3/p+1/t39-,41-/m0/s1. The van der Waals surface area contributed by atoms with E-state index >= 15 is 4.39 Å². The summed E-state index contributed by atoms with van der Waals surface area (Å²) in [5.74, 6) is 0.280. The fourth-order valence-corrected chi connectivity index (χ4v) is 7.85. The van der Waals surface area contributed by atoms with Gasteiger partial charge in [0.1, 0.15) is 28.1 Å². The monoisotopic (exact) mass is 784 g/mol. The highest BCUT2D eigenvalue weighted by Crippen LogP contribution is 2.36. The van der Waals surface area contributed by atoms with Gasteiger partial charge in [-0.05, 0) is 96.6 Å². The second-order valence-electron chi connectivity index (χ2n) is 13.7. The van der Waals surface area contributed by atoms with Gasteiger partial charge in [-0.25, -0.2) is 19.0 Å². The Morgan fingerprint density at radius 3 is 2.27 bits per heavy atom. The number of fused-ring (bicyclic) bond motifs is 3. The lowest BCUT2D eigenvalue weighted by Gasteiger charge is -2.44. The van der Waals surface area contributed by atoms with E-state index in [9.17, 15) is 9.59 Å². The van der Waals surface area contributed by atoms with E-state index in [0.717, 1.165) is 42.6 Å². The van der Waals surface area contributed by atoms with Crippen molar-refractivity contribution < 1.29 is 37.9 Å². The number of hydrogen-bond acceptors (Lipinski definition) is 7. The molecule has 1 aromatic heterocycles. The molecule has 9 nitrogen and oxygen atoms in total. The maximum atomic E-state index is 15.1. The minimum atomic E-state index is -0.768. The molecule has 55 heavy (non-hydrogen) atoms. The van der Waals surface area contributed by atoms with Crippen LogP contribution in [-0.4, -0.2) is 56.9 Å². The largest absolute Gasteiger partial charge is 0.493 e.